The van der Waals surface area contributed by atoms with E-state index in [1.54, 1.807) is 0 Å². The van der Waals surface area contributed by atoms with E-state index >= 15 is 0 Å². The molecule has 0 amide bonds. The molecule has 3 heteroatoms. The van der Waals surface area contributed by atoms with Crippen molar-refractivity contribution in [1.29, 1.82) is 0 Å². The molecule has 0 radical (unpaired) electrons. The van der Waals surface area contributed by atoms with Crippen molar-refractivity contribution in [1.82, 2.24) is 4.57 Å². The van der Waals surface area contributed by atoms with Crippen molar-refractivity contribution in [3.63, 3.8) is 0 Å². The van der Waals surface area contributed by atoms with Crippen LogP contribution in [0.4, 0.5) is 17.1 Å². The van der Waals surface area contributed by atoms with Crippen LogP contribution in [0.2, 0.25) is 0 Å². The number of hydrogen-bond donors (Lipinski definition) is 1. The number of rotatable bonds is 6. The van der Waals surface area contributed by atoms with Gasteiger partial charge in [0, 0.05) is 55.6 Å². The SMILES string of the molecule is C/C=C\C1=C(N)C(=C/C)/c2c1cccc2N(c1ccc(-c2ccc3c(c2)c2ccc4ccccc4c2n3-c2ccccc2)cc1)c1ccccc1C. The number of aryl methyl sites for hydroxylation is 1. The molecular formula is C49H39N3. The van der Waals surface area contributed by atoms with Crippen molar-refractivity contribution in [3.05, 3.63) is 192 Å². The maximum atomic E-state index is 6.81. The van der Waals surface area contributed by atoms with Crippen molar-refractivity contribution in [2.45, 2.75) is 20.8 Å². The van der Waals surface area contributed by atoms with Crippen LogP contribution in [0.5, 0.6) is 0 Å². The van der Waals surface area contributed by atoms with E-state index in [0.29, 0.717) is 0 Å². The molecule has 0 spiro atoms. The Balaban J connectivity index is 1.19. The van der Waals surface area contributed by atoms with Gasteiger partial charge in [0.25, 0.3) is 0 Å². The summed E-state index contributed by atoms with van der Waals surface area (Å²) < 4.78 is 2.42. The van der Waals surface area contributed by atoms with Crippen LogP contribution in [0.25, 0.3) is 60.5 Å². The lowest BCUT2D eigenvalue weighted by Crippen LogP contribution is -2.13. The Hall–Kier alpha value is -6.58. The van der Waals surface area contributed by atoms with Gasteiger partial charge in [0.15, 0.2) is 0 Å². The van der Waals surface area contributed by atoms with Gasteiger partial charge in [-0.1, -0.05) is 121 Å². The Morgan fingerprint density at radius 1 is 0.615 bits per heavy atom. The van der Waals surface area contributed by atoms with E-state index in [2.05, 4.69) is 193 Å². The molecule has 7 aromatic carbocycles. The number of para-hydroxylation sites is 2. The summed E-state index contributed by atoms with van der Waals surface area (Å²) >= 11 is 0. The Morgan fingerprint density at radius 2 is 1.35 bits per heavy atom. The van der Waals surface area contributed by atoms with Crippen molar-refractivity contribution >= 4 is 60.8 Å². The minimum absolute atomic E-state index is 0.820. The maximum Gasteiger partial charge on any atom is 0.0619 e. The highest BCUT2D eigenvalue weighted by atomic mass is 15.1. The van der Waals surface area contributed by atoms with Crippen LogP contribution in [-0.4, -0.2) is 4.57 Å². The standard InChI is InChI=1S/C49H39N3/c1-4-14-41-40-20-13-22-46(47(40)38(5-2)48(41)50)51(44-21-12-9-15-32(44)3)37-27-23-33(24-28-37)35-26-30-45-43(31-35)42-29-25-34-16-10-11-19-39(34)49(42)52(45)36-17-7-6-8-18-36/h4-31H,50H2,1-3H3/b14-4-,38-5+. The van der Waals surface area contributed by atoms with Gasteiger partial charge in [0.05, 0.1) is 16.7 Å². The van der Waals surface area contributed by atoms with E-state index < -0.39 is 0 Å². The molecule has 0 aliphatic heterocycles. The van der Waals surface area contributed by atoms with Crippen LogP contribution in [-0.2, 0) is 0 Å². The highest BCUT2D eigenvalue weighted by molar-refractivity contribution is 6.19. The number of benzene rings is 7. The highest BCUT2D eigenvalue weighted by Gasteiger charge is 2.29. The van der Waals surface area contributed by atoms with Crippen molar-refractivity contribution in [3.8, 4) is 16.8 Å². The molecule has 1 heterocycles. The van der Waals surface area contributed by atoms with Gasteiger partial charge in [0.2, 0.25) is 0 Å². The van der Waals surface area contributed by atoms with E-state index in [0.717, 1.165) is 50.7 Å². The molecule has 250 valence electrons. The van der Waals surface area contributed by atoms with Gasteiger partial charge in [-0.3, -0.25) is 0 Å². The molecule has 0 bridgehead atoms. The molecule has 0 atom stereocenters. The highest BCUT2D eigenvalue weighted by Crippen LogP contribution is 2.49. The normalized spacial score (nSPS) is 13.6. The average Bonchev–Trinajstić information content (AvgIpc) is 3.67. The topological polar surface area (TPSA) is 34.2 Å². The number of allylic oxidation sites excluding steroid dienone is 5. The summed E-state index contributed by atoms with van der Waals surface area (Å²) in [5, 5.41) is 5.00. The van der Waals surface area contributed by atoms with Crippen LogP contribution < -0.4 is 10.6 Å². The number of fused-ring (bicyclic) bond motifs is 6. The van der Waals surface area contributed by atoms with E-state index in [-0.39, 0.29) is 0 Å². The minimum atomic E-state index is 0.820. The third-order valence-corrected chi connectivity index (χ3v) is 10.5. The summed E-state index contributed by atoms with van der Waals surface area (Å²) in [5.74, 6) is 0. The lowest BCUT2D eigenvalue weighted by molar-refractivity contribution is 1.19. The predicted molar refractivity (Wildman–Crippen MR) is 223 cm³/mol. The van der Waals surface area contributed by atoms with Crippen molar-refractivity contribution < 1.29 is 0 Å². The third kappa shape index (κ3) is 4.89. The minimum Gasteiger partial charge on any atom is -0.398 e. The molecule has 52 heavy (non-hydrogen) atoms. The zero-order valence-corrected chi connectivity index (χ0v) is 29.6. The van der Waals surface area contributed by atoms with E-state index in [1.807, 2.05) is 6.92 Å². The summed E-state index contributed by atoms with van der Waals surface area (Å²) in [6.07, 6.45) is 6.33. The third-order valence-electron chi connectivity index (χ3n) is 10.5. The van der Waals surface area contributed by atoms with Crippen molar-refractivity contribution in [2.24, 2.45) is 5.73 Å². The molecule has 0 saturated carbocycles. The summed E-state index contributed by atoms with van der Waals surface area (Å²) in [4.78, 5) is 2.38. The summed E-state index contributed by atoms with van der Waals surface area (Å²) in [6, 6.07) is 55.0. The second-order valence-electron chi connectivity index (χ2n) is 13.5. The molecule has 0 fully saturated rings. The van der Waals surface area contributed by atoms with Gasteiger partial charge in [-0.05, 0) is 96.9 Å². The first-order valence-corrected chi connectivity index (χ1v) is 18.0. The number of anilines is 3. The molecule has 0 unspecified atom stereocenters. The quantitative estimate of drug-likeness (QED) is 0.191. The van der Waals surface area contributed by atoms with Crippen LogP contribution in [0.15, 0.2) is 176 Å². The Labute approximate surface area is 304 Å². The van der Waals surface area contributed by atoms with Gasteiger partial charge in [-0.2, -0.15) is 0 Å². The fourth-order valence-corrected chi connectivity index (χ4v) is 8.14. The second-order valence-corrected chi connectivity index (χ2v) is 13.5. The summed E-state index contributed by atoms with van der Waals surface area (Å²) in [5.41, 5.74) is 22.6. The number of nitrogens with zero attached hydrogens (tertiary/aromatic N) is 2. The first-order valence-electron chi connectivity index (χ1n) is 18.0. The molecule has 2 N–H and O–H groups in total. The number of hydrogen-bond acceptors (Lipinski definition) is 2. The Morgan fingerprint density at radius 3 is 2.13 bits per heavy atom. The maximum absolute atomic E-state index is 6.81. The van der Waals surface area contributed by atoms with Gasteiger partial charge in [-0.25, -0.2) is 0 Å². The lowest BCUT2D eigenvalue weighted by Gasteiger charge is -2.29. The fourth-order valence-electron chi connectivity index (χ4n) is 8.14. The lowest BCUT2D eigenvalue weighted by atomic mass is 9.98. The summed E-state index contributed by atoms with van der Waals surface area (Å²) in [7, 11) is 0. The van der Waals surface area contributed by atoms with E-state index in [9.17, 15) is 0 Å². The predicted octanol–water partition coefficient (Wildman–Crippen LogP) is 13.0. The molecular weight excluding hydrogens is 631 g/mol. The molecule has 8 aromatic rings. The summed E-state index contributed by atoms with van der Waals surface area (Å²) in [6.45, 7) is 6.29. The molecule has 9 rings (SSSR count). The molecule has 1 aliphatic rings. The van der Waals surface area contributed by atoms with E-state index in [1.165, 1.54) is 49.3 Å². The molecule has 1 aliphatic carbocycles. The largest absolute Gasteiger partial charge is 0.398 e. The van der Waals surface area contributed by atoms with Crippen LogP contribution in [0.3, 0.4) is 0 Å². The van der Waals surface area contributed by atoms with Crippen LogP contribution in [0, 0.1) is 6.92 Å². The van der Waals surface area contributed by atoms with E-state index in [4.69, 9.17) is 5.73 Å². The van der Waals surface area contributed by atoms with Gasteiger partial charge in [-0.15, -0.1) is 0 Å². The first kappa shape index (κ1) is 31.4. The van der Waals surface area contributed by atoms with Crippen molar-refractivity contribution in [2.75, 3.05) is 4.90 Å². The number of nitrogens with two attached hydrogens (primary N) is 1. The zero-order chi connectivity index (χ0) is 35.3. The Bertz CT molecular complexity index is 2760. The first-order chi connectivity index (χ1) is 25.6. The number of aromatic nitrogens is 1. The molecule has 3 nitrogen and oxygen atoms in total. The van der Waals surface area contributed by atoms with Gasteiger partial charge < -0.3 is 15.2 Å². The average molecular weight is 670 g/mol. The smallest absolute Gasteiger partial charge is 0.0619 e. The Kier molecular flexibility index (Phi) is 7.63. The second kappa shape index (κ2) is 12.6. The van der Waals surface area contributed by atoms with Crippen LogP contribution >= 0.6 is 0 Å². The fraction of sp³-hybridized carbons (Fsp3) is 0.0612. The van der Waals surface area contributed by atoms with Gasteiger partial charge in [0.1, 0.15) is 0 Å². The van der Waals surface area contributed by atoms with Gasteiger partial charge >= 0.3 is 0 Å². The molecule has 1 aromatic heterocycles. The monoisotopic (exact) mass is 669 g/mol. The van der Waals surface area contributed by atoms with Crippen LogP contribution in [0.1, 0.15) is 30.5 Å². The zero-order valence-electron chi connectivity index (χ0n) is 29.6. The molecule has 0 saturated heterocycles.